The second-order valence-corrected chi connectivity index (χ2v) is 10.1. The predicted octanol–water partition coefficient (Wildman–Crippen LogP) is 3.77. The maximum atomic E-state index is 13.5. The van der Waals surface area contributed by atoms with Crippen LogP contribution in [0.2, 0.25) is 5.02 Å². The van der Waals surface area contributed by atoms with Crippen molar-refractivity contribution in [2.24, 2.45) is 0 Å². The molecule has 6 N–H and O–H groups in total. The summed E-state index contributed by atoms with van der Waals surface area (Å²) in [5.74, 6) is -4.90. The number of carbonyl (C=O) groups is 5. The van der Waals surface area contributed by atoms with E-state index < -0.39 is 29.7 Å². The van der Waals surface area contributed by atoms with Crippen LogP contribution in [-0.2, 0) is 28.7 Å². The lowest BCUT2D eigenvalue weighted by atomic mass is 10.1. The third-order valence-electron chi connectivity index (χ3n) is 5.62. The summed E-state index contributed by atoms with van der Waals surface area (Å²) in [5, 5.41) is 37.9. The van der Waals surface area contributed by atoms with Gasteiger partial charge in [-0.15, -0.1) is 0 Å². The fourth-order valence-electron chi connectivity index (χ4n) is 3.55. The van der Waals surface area contributed by atoms with Gasteiger partial charge < -0.3 is 45.4 Å². The van der Waals surface area contributed by atoms with Crippen LogP contribution in [0.1, 0.15) is 6.42 Å². The number of benzene rings is 2. The van der Waals surface area contributed by atoms with Crippen molar-refractivity contribution in [2.45, 2.75) is 12.5 Å². The van der Waals surface area contributed by atoms with Crippen LogP contribution >= 0.6 is 11.6 Å². The van der Waals surface area contributed by atoms with Crippen molar-refractivity contribution < 1.29 is 58.3 Å². The zero-order valence-corrected chi connectivity index (χ0v) is 26.6. The first-order valence-corrected chi connectivity index (χ1v) is 14.2. The van der Waals surface area contributed by atoms with Crippen molar-refractivity contribution in [3.05, 3.63) is 84.1 Å². The van der Waals surface area contributed by atoms with E-state index in [0.717, 1.165) is 6.42 Å². The van der Waals surface area contributed by atoms with E-state index >= 15 is 0 Å². The summed E-state index contributed by atoms with van der Waals surface area (Å²) < 4.78 is 25.1. The summed E-state index contributed by atoms with van der Waals surface area (Å²) in [7, 11) is 3.65. The molecule has 3 aromatic rings. The summed E-state index contributed by atoms with van der Waals surface area (Å²) >= 11 is 5.90. The van der Waals surface area contributed by atoms with Gasteiger partial charge in [-0.3, -0.25) is 4.79 Å². The van der Waals surface area contributed by atoms with Crippen LogP contribution in [-0.4, -0.2) is 98.5 Å². The Morgan fingerprint density at radius 1 is 0.939 bits per heavy atom. The van der Waals surface area contributed by atoms with Crippen LogP contribution in [0.3, 0.4) is 0 Å². The number of carboxylic acids is 4. The van der Waals surface area contributed by atoms with Gasteiger partial charge in [0.2, 0.25) is 5.91 Å². The Morgan fingerprint density at radius 2 is 1.55 bits per heavy atom. The topological polar surface area (TPSA) is 238 Å². The minimum absolute atomic E-state index is 0.00605. The number of anilines is 3. The van der Waals surface area contributed by atoms with Gasteiger partial charge in [-0.2, -0.15) is 0 Å². The van der Waals surface area contributed by atoms with Gasteiger partial charge in [0, 0.05) is 74.2 Å². The van der Waals surface area contributed by atoms with Crippen LogP contribution in [0, 0.1) is 5.82 Å². The molecule has 1 atom stereocenters. The average Bonchev–Trinajstić information content (AvgIpc) is 3.54. The number of carbonyl (C=O) groups excluding carboxylic acids is 1. The lowest BCUT2D eigenvalue weighted by molar-refractivity contribution is -0.134. The SMILES string of the molecule is CN(C)/C=C/C(=O)Nc1cc2c(Nc3ccc(F)c(Cl)c3)ncnc2cc1O[C@H]1CCOC1.O=C(O)/C=C\C(=O)O.O=C(O)/C=C\C(=O)O. The standard InChI is InChI=1S/C23H23ClFN5O3.2C4H4O4/c1-30(2)7-5-22(31)29-20-10-16-19(11-21(20)33-15-6-8-32-12-15)26-13-27-23(16)28-14-3-4-18(25)17(24)9-14;2*5-3(6)1-2-4(7)8/h3-5,7,9-11,13,15H,6,8,12H2,1-2H3,(H,29,31)(H,26,27,28);2*1-2H,(H,5,6)(H,7,8)/b7-5+;2*2-1-/t15-;;/m0../s1. The van der Waals surface area contributed by atoms with E-state index in [2.05, 4.69) is 20.6 Å². The molecule has 0 unspecified atom stereocenters. The predicted molar refractivity (Wildman–Crippen MR) is 174 cm³/mol. The molecule has 1 saturated heterocycles. The fourth-order valence-corrected chi connectivity index (χ4v) is 3.73. The molecule has 1 amide bonds. The van der Waals surface area contributed by atoms with Gasteiger partial charge in [-0.1, -0.05) is 11.6 Å². The van der Waals surface area contributed by atoms with Gasteiger partial charge >= 0.3 is 23.9 Å². The van der Waals surface area contributed by atoms with Crippen LogP contribution in [0.25, 0.3) is 10.9 Å². The minimum Gasteiger partial charge on any atom is -0.486 e. The summed E-state index contributed by atoms with van der Waals surface area (Å²) in [4.78, 5) is 61.1. The van der Waals surface area contributed by atoms with E-state index in [0.29, 0.717) is 71.4 Å². The maximum Gasteiger partial charge on any atom is 0.328 e. The van der Waals surface area contributed by atoms with Crippen molar-refractivity contribution in [2.75, 3.05) is 37.9 Å². The molecular weight excluding hydrogens is 673 g/mol. The van der Waals surface area contributed by atoms with E-state index in [1.165, 1.54) is 24.5 Å². The maximum absolute atomic E-state index is 13.5. The lowest BCUT2D eigenvalue weighted by Gasteiger charge is -2.18. The first-order valence-electron chi connectivity index (χ1n) is 13.8. The highest BCUT2D eigenvalue weighted by atomic mass is 35.5. The second-order valence-electron chi connectivity index (χ2n) is 9.73. The fraction of sp³-hybridized carbons (Fsp3) is 0.194. The molecule has 0 bridgehead atoms. The van der Waals surface area contributed by atoms with Gasteiger partial charge in [0.1, 0.15) is 29.8 Å². The number of hydrogen-bond donors (Lipinski definition) is 6. The number of ether oxygens (including phenoxy) is 2. The van der Waals surface area contributed by atoms with Crippen molar-refractivity contribution in [3.8, 4) is 5.75 Å². The number of carboxylic acid groups (broad SMARTS) is 4. The Bertz CT molecular complexity index is 1690. The molecular formula is C31H31ClFN5O11. The normalized spacial score (nSPS) is 13.7. The monoisotopic (exact) mass is 703 g/mol. The molecule has 4 rings (SSSR count). The number of nitrogens with zero attached hydrogens (tertiary/aromatic N) is 3. The smallest absolute Gasteiger partial charge is 0.328 e. The molecule has 260 valence electrons. The van der Waals surface area contributed by atoms with Crippen LogP contribution in [0.15, 0.2) is 73.2 Å². The highest BCUT2D eigenvalue weighted by Gasteiger charge is 2.21. The Balaban J connectivity index is 0.000000432. The molecule has 0 aliphatic carbocycles. The molecule has 2 aromatic carbocycles. The minimum atomic E-state index is -1.26. The number of amides is 1. The molecule has 16 nitrogen and oxygen atoms in total. The number of fused-ring (bicyclic) bond motifs is 1. The highest BCUT2D eigenvalue weighted by molar-refractivity contribution is 6.31. The third kappa shape index (κ3) is 14.9. The van der Waals surface area contributed by atoms with Crippen molar-refractivity contribution in [1.82, 2.24) is 14.9 Å². The van der Waals surface area contributed by atoms with Crippen LogP contribution in [0.5, 0.6) is 5.75 Å². The van der Waals surface area contributed by atoms with Gasteiger partial charge in [0.25, 0.3) is 0 Å². The molecule has 1 aliphatic rings. The van der Waals surface area contributed by atoms with Gasteiger partial charge in [-0.25, -0.2) is 33.5 Å². The van der Waals surface area contributed by atoms with E-state index in [1.54, 1.807) is 29.3 Å². The van der Waals surface area contributed by atoms with Crippen LogP contribution in [0.4, 0.5) is 21.6 Å². The number of hydrogen-bond acceptors (Lipinski definition) is 11. The molecule has 2 heterocycles. The summed E-state index contributed by atoms with van der Waals surface area (Å²) in [5.41, 5.74) is 1.64. The molecule has 1 fully saturated rings. The largest absolute Gasteiger partial charge is 0.486 e. The Kier molecular flexibility index (Phi) is 15.6. The number of aromatic nitrogens is 2. The number of nitrogens with one attached hydrogen (secondary N) is 2. The van der Waals surface area contributed by atoms with E-state index in [4.69, 9.17) is 41.5 Å². The molecule has 0 spiro atoms. The Labute approximate surface area is 282 Å². The van der Waals surface area contributed by atoms with Crippen LogP contribution < -0.4 is 15.4 Å². The van der Waals surface area contributed by atoms with Crippen molar-refractivity contribution >= 4 is 69.5 Å². The summed E-state index contributed by atoms with van der Waals surface area (Å²) in [6, 6.07) is 7.80. The van der Waals surface area contributed by atoms with E-state index in [1.807, 2.05) is 14.1 Å². The van der Waals surface area contributed by atoms with E-state index in [-0.39, 0.29) is 17.0 Å². The number of aliphatic carboxylic acids is 4. The Hall–Kier alpha value is -6.07. The highest BCUT2D eigenvalue weighted by Crippen LogP contribution is 2.35. The zero-order chi connectivity index (χ0) is 36.5. The first-order chi connectivity index (χ1) is 23.1. The molecule has 0 radical (unpaired) electrons. The van der Waals surface area contributed by atoms with Crippen molar-refractivity contribution in [3.63, 3.8) is 0 Å². The molecule has 18 heteroatoms. The Morgan fingerprint density at radius 3 is 2.06 bits per heavy atom. The summed E-state index contributed by atoms with van der Waals surface area (Å²) in [6.07, 6.45) is 7.36. The second kappa shape index (κ2) is 19.6. The number of rotatable bonds is 11. The summed E-state index contributed by atoms with van der Waals surface area (Å²) in [6.45, 7) is 1.11. The van der Waals surface area contributed by atoms with Gasteiger partial charge in [0.05, 0.1) is 29.4 Å². The van der Waals surface area contributed by atoms with Gasteiger partial charge in [0.15, 0.2) is 0 Å². The first kappa shape index (κ1) is 39.1. The molecule has 1 aliphatic heterocycles. The molecule has 1 aromatic heterocycles. The average molecular weight is 704 g/mol. The zero-order valence-electron chi connectivity index (χ0n) is 25.9. The quantitative estimate of drug-likeness (QED) is 0.156. The van der Waals surface area contributed by atoms with Crippen molar-refractivity contribution in [1.29, 1.82) is 0 Å². The lowest BCUT2D eigenvalue weighted by Crippen LogP contribution is -2.18. The van der Waals surface area contributed by atoms with E-state index in [9.17, 15) is 28.4 Å². The number of halogens is 2. The molecule has 49 heavy (non-hydrogen) atoms. The molecule has 0 saturated carbocycles. The third-order valence-corrected chi connectivity index (χ3v) is 5.91. The van der Waals surface area contributed by atoms with Gasteiger partial charge in [-0.05, 0) is 24.3 Å².